The van der Waals surface area contributed by atoms with Gasteiger partial charge in [0.25, 0.3) is 0 Å². The maximum absolute atomic E-state index is 13.0. The van der Waals surface area contributed by atoms with Crippen molar-refractivity contribution in [2.75, 3.05) is 5.73 Å². The summed E-state index contributed by atoms with van der Waals surface area (Å²) < 4.78 is 17.8. The van der Waals surface area contributed by atoms with Crippen molar-refractivity contribution < 1.29 is 13.7 Å². The molecule has 0 fully saturated rings. The highest BCUT2D eigenvalue weighted by atomic mass is 19.1. The van der Waals surface area contributed by atoms with Crippen molar-refractivity contribution in [2.45, 2.75) is 0 Å². The first kappa shape index (κ1) is 9.39. The molecule has 0 aliphatic carbocycles. The van der Waals surface area contributed by atoms with E-state index < -0.39 is 5.82 Å². The summed E-state index contributed by atoms with van der Waals surface area (Å²) in [5, 5.41) is 3.46. The van der Waals surface area contributed by atoms with Gasteiger partial charge in [0.2, 0.25) is 0 Å². The molecule has 4 nitrogen and oxygen atoms in total. The van der Waals surface area contributed by atoms with Crippen LogP contribution in [0.1, 0.15) is 10.4 Å². The molecule has 0 spiro atoms. The molecular formula is C10H7FN2O2. The van der Waals surface area contributed by atoms with Crippen LogP contribution >= 0.6 is 0 Å². The van der Waals surface area contributed by atoms with Crippen molar-refractivity contribution in [3.05, 3.63) is 35.6 Å². The predicted molar refractivity (Wildman–Crippen MR) is 51.7 cm³/mol. The van der Waals surface area contributed by atoms with Gasteiger partial charge in [0.1, 0.15) is 5.82 Å². The van der Waals surface area contributed by atoms with Crippen LogP contribution in [0.4, 0.5) is 10.2 Å². The Morgan fingerprint density at radius 3 is 2.80 bits per heavy atom. The topological polar surface area (TPSA) is 69.1 Å². The Morgan fingerprint density at radius 2 is 2.20 bits per heavy atom. The van der Waals surface area contributed by atoms with Crippen LogP contribution in [-0.2, 0) is 0 Å². The quantitative estimate of drug-likeness (QED) is 0.761. The molecule has 2 N–H and O–H groups in total. The predicted octanol–water partition coefficient (Wildman–Crippen LogP) is 1.88. The Balaban J connectivity index is 2.59. The maximum atomic E-state index is 13.0. The number of carbonyl (C=O) groups excluding carboxylic acids is 1. The fourth-order valence-corrected chi connectivity index (χ4v) is 1.26. The van der Waals surface area contributed by atoms with E-state index in [1.54, 1.807) is 0 Å². The molecule has 0 saturated carbocycles. The smallest absolute Gasteiger partial charge is 0.169 e. The molecule has 5 heteroatoms. The number of nitrogens with zero attached hydrogens (tertiary/aromatic N) is 1. The Bertz CT molecular complexity index is 508. The third-order valence-corrected chi connectivity index (χ3v) is 1.94. The van der Waals surface area contributed by atoms with E-state index >= 15 is 0 Å². The van der Waals surface area contributed by atoms with Crippen LogP contribution in [-0.4, -0.2) is 11.4 Å². The first-order valence-corrected chi connectivity index (χ1v) is 4.18. The fourth-order valence-electron chi connectivity index (χ4n) is 1.26. The lowest BCUT2D eigenvalue weighted by Crippen LogP contribution is -1.87. The van der Waals surface area contributed by atoms with Gasteiger partial charge in [-0.2, -0.15) is 0 Å². The van der Waals surface area contributed by atoms with E-state index in [-0.39, 0.29) is 11.6 Å². The minimum atomic E-state index is -0.453. The number of nitrogens with two attached hydrogens (primary N) is 1. The monoisotopic (exact) mass is 206 g/mol. The van der Waals surface area contributed by atoms with Crippen molar-refractivity contribution in [3.8, 4) is 11.3 Å². The second-order valence-corrected chi connectivity index (χ2v) is 2.97. The summed E-state index contributed by atoms with van der Waals surface area (Å²) in [7, 11) is 0. The zero-order valence-corrected chi connectivity index (χ0v) is 7.61. The van der Waals surface area contributed by atoms with Crippen LogP contribution in [0.5, 0.6) is 0 Å². The van der Waals surface area contributed by atoms with Crippen molar-refractivity contribution >= 4 is 12.1 Å². The lowest BCUT2D eigenvalue weighted by atomic mass is 10.1. The fraction of sp³-hybridized carbons (Fsp3) is 0. The summed E-state index contributed by atoms with van der Waals surface area (Å²) in [6, 6.07) is 5.20. The Kier molecular flexibility index (Phi) is 2.21. The van der Waals surface area contributed by atoms with Gasteiger partial charge in [0.15, 0.2) is 17.9 Å². The molecule has 0 unspecified atom stereocenters. The molecule has 0 radical (unpaired) electrons. The number of aromatic nitrogens is 1. The van der Waals surface area contributed by atoms with Crippen LogP contribution < -0.4 is 5.73 Å². The summed E-state index contributed by atoms with van der Waals surface area (Å²) >= 11 is 0. The highest BCUT2D eigenvalue weighted by molar-refractivity contribution is 5.86. The lowest BCUT2D eigenvalue weighted by molar-refractivity contribution is 0.112. The molecule has 0 aliphatic rings. The van der Waals surface area contributed by atoms with Gasteiger partial charge in [-0.05, 0) is 18.2 Å². The zero-order chi connectivity index (χ0) is 10.8. The average molecular weight is 206 g/mol. The van der Waals surface area contributed by atoms with Gasteiger partial charge < -0.3 is 10.3 Å². The van der Waals surface area contributed by atoms with Crippen molar-refractivity contribution in [1.29, 1.82) is 0 Å². The standard InChI is InChI=1S/C10H7FN2O2/c11-7-2-1-6(5-14)8(3-7)9-4-10(12)13-15-9/h1-5H,(H2,12,13). The molecule has 0 atom stereocenters. The van der Waals surface area contributed by atoms with Crippen LogP contribution in [0.3, 0.4) is 0 Å². The van der Waals surface area contributed by atoms with Gasteiger partial charge in [-0.3, -0.25) is 4.79 Å². The molecule has 1 heterocycles. The highest BCUT2D eigenvalue weighted by Gasteiger charge is 2.10. The van der Waals surface area contributed by atoms with E-state index in [1.807, 2.05) is 0 Å². The number of halogens is 1. The number of nitrogen functional groups attached to an aromatic ring is 1. The van der Waals surface area contributed by atoms with E-state index in [1.165, 1.54) is 24.3 Å². The summed E-state index contributed by atoms with van der Waals surface area (Å²) in [6.07, 6.45) is 0.619. The molecule has 2 aromatic rings. The Morgan fingerprint density at radius 1 is 1.40 bits per heavy atom. The van der Waals surface area contributed by atoms with Crippen LogP contribution in [0.2, 0.25) is 0 Å². The highest BCUT2D eigenvalue weighted by Crippen LogP contribution is 2.25. The van der Waals surface area contributed by atoms with Gasteiger partial charge in [0, 0.05) is 17.2 Å². The minimum Gasteiger partial charge on any atom is -0.381 e. The third-order valence-electron chi connectivity index (χ3n) is 1.94. The van der Waals surface area contributed by atoms with Crippen molar-refractivity contribution in [3.63, 3.8) is 0 Å². The van der Waals surface area contributed by atoms with E-state index in [9.17, 15) is 9.18 Å². The summed E-state index contributed by atoms with van der Waals surface area (Å²) in [5.41, 5.74) is 6.03. The Hall–Kier alpha value is -2.17. The number of aldehydes is 1. The number of hydrogen-bond acceptors (Lipinski definition) is 4. The largest absolute Gasteiger partial charge is 0.381 e. The normalized spacial score (nSPS) is 10.2. The molecule has 0 amide bonds. The molecule has 15 heavy (non-hydrogen) atoms. The van der Waals surface area contributed by atoms with E-state index in [4.69, 9.17) is 10.3 Å². The molecule has 76 valence electrons. The first-order chi connectivity index (χ1) is 7.20. The Labute approximate surface area is 84.5 Å². The number of hydrogen-bond donors (Lipinski definition) is 1. The SMILES string of the molecule is Nc1cc(-c2cc(F)ccc2C=O)on1. The average Bonchev–Trinajstić information content (AvgIpc) is 2.65. The van der Waals surface area contributed by atoms with Crippen LogP contribution in [0.15, 0.2) is 28.8 Å². The van der Waals surface area contributed by atoms with Gasteiger partial charge >= 0.3 is 0 Å². The number of benzene rings is 1. The van der Waals surface area contributed by atoms with Gasteiger partial charge in [-0.25, -0.2) is 4.39 Å². The number of anilines is 1. The van der Waals surface area contributed by atoms with Crippen LogP contribution in [0, 0.1) is 5.82 Å². The van der Waals surface area contributed by atoms with Crippen molar-refractivity contribution in [2.24, 2.45) is 0 Å². The minimum absolute atomic E-state index is 0.186. The number of rotatable bonds is 2. The lowest BCUT2D eigenvalue weighted by Gasteiger charge is -1.99. The molecule has 0 saturated heterocycles. The maximum Gasteiger partial charge on any atom is 0.169 e. The summed E-state index contributed by atoms with van der Waals surface area (Å²) in [4.78, 5) is 10.7. The second-order valence-electron chi connectivity index (χ2n) is 2.97. The molecule has 2 rings (SSSR count). The van der Waals surface area contributed by atoms with Gasteiger partial charge in [-0.15, -0.1) is 0 Å². The third kappa shape index (κ3) is 1.71. The van der Waals surface area contributed by atoms with Crippen molar-refractivity contribution in [1.82, 2.24) is 5.16 Å². The second kappa shape index (κ2) is 3.53. The first-order valence-electron chi connectivity index (χ1n) is 4.18. The zero-order valence-electron chi connectivity index (χ0n) is 7.61. The van der Waals surface area contributed by atoms with E-state index in [0.717, 1.165) is 0 Å². The van der Waals surface area contributed by atoms with Gasteiger partial charge in [0.05, 0.1) is 0 Å². The summed E-state index contributed by atoms with van der Waals surface area (Å²) in [5.74, 6) is 0.00535. The van der Waals surface area contributed by atoms with E-state index in [0.29, 0.717) is 17.4 Å². The van der Waals surface area contributed by atoms with Gasteiger partial charge in [-0.1, -0.05) is 5.16 Å². The molecular weight excluding hydrogens is 199 g/mol. The summed E-state index contributed by atoms with van der Waals surface area (Å²) in [6.45, 7) is 0. The molecule has 0 aliphatic heterocycles. The molecule has 1 aromatic carbocycles. The molecule has 1 aromatic heterocycles. The molecule has 0 bridgehead atoms. The van der Waals surface area contributed by atoms with Crippen LogP contribution in [0.25, 0.3) is 11.3 Å². The number of carbonyl (C=O) groups is 1. The van der Waals surface area contributed by atoms with E-state index in [2.05, 4.69) is 5.16 Å².